The number of hydrazine groups is 1. The molecule has 0 heterocycles. The first-order valence-electron chi connectivity index (χ1n) is 1.98. The van der Waals surface area contributed by atoms with Crippen LogP contribution in [0.3, 0.4) is 0 Å². The van der Waals surface area contributed by atoms with Crippen LogP contribution in [0.2, 0.25) is 0 Å². The first-order chi connectivity index (χ1) is 2.89. The maximum absolute atomic E-state index is 5.22. The minimum atomic E-state index is 0.583. The Morgan fingerprint density at radius 3 is 1.33 bits per heavy atom. The molecule has 6 N–H and O–H groups in total. The van der Waals surface area contributed by atoms with Crippen molar-refractivity contribution in [1.29, 1.82) is 0 Å². The second kappa shape index (κ2) is 3.08. The molecule has 0 amide bonds. The predicted octanol–water partition coefficient (Wildman–Crippen LogP) is -1.07. The maximum Gasteiger partial charge on any atom is 0.00399 e. The summed E-state index contributed by atoms with van der Waals surface area (Å²) in [4.78, 5) is 0. The molecule has 0 saturated heterocycles. The molecule has 0 aromatic heterocycles. The predicted molar refractivity (Wildman–Crippen MR) is 25.6 cm³/mol. The lowest BCUT2D eigenvalue weighted by atomic mass is 10.8. The summed E-state index contributed by atoms with van der Waals surface area (Å²) in [5.74, 6) is 8.00. The zero-order valence-electron chi connectivity index (χ0n) is 3.72. The Morgan fingerprint density at radius 2 is 1.33 bits per heavy atom. The molecule has 0 atom stereocenters. The quantitative estimate of drug-likeness (QED) is 0.261. The van der Waals surface area contributed by atoms with Gasteiger partial charge in [-0.25, -0.2) is 0 Å². The molecule has 0 unspecified atom stereocenters. The van der Waals surface area contributed by atoms with Crippen LogP contribution in [0.4, 0.5) is 0 Å². The van der Waals surface area contributed by atoms with Gasteiger partial charge in [0.15, 0.2) is 0 Å². The largest absolute Gasteiger partial charge is 0.328 e. The van der Waals surface area contributed by atoms with E-state index < -0.39 is 0 Å². The molecule has 1 saturated carbocycles. The molecular formula is C3H11N3. The molecule has 6 heavy (non-hydrogen) atoms. The molecule has 3 heteroatoms. The Hall–Kier alpha value is -0.120. The summed E-state index contributed by atoms with van der Waals surface area (Å²) in [5, 5.41) is 0. The third-order valence-corrected chi connectivity index (χ3v) is 0.622. The van der Waals surface area contributed by atoms with Crippen LogP contribution >= 0.6 is 0 Å². The van der Waals surface area contributed by atoms with E-state index in [4.69, 9.17) is 5.73 Å². The average Bonchev–Trinajstić information content (AvgIpc) is 2.30. The molecule has 0 radical (unpaired) electrons. The Labute approximate surface area is 37.5 Å². The van der Waals surface area contributed by atoms with E-state index >= 15 is 0 Å². The fraction of sp³-hybridized carbons (Fsp3) is 1.00. The van der Waals surface area contributed by atoms with Crippen molar-refractivity contribution in [2.75, 3.05) is 0 Å². The first kappa shape index (κ1) is 5.88. The van der Waals surface area contributed by atoms with Crippen molar-refractivity contribution in [3.63, 3.8) is 0 Å². The highest BCUT2D eigenvalue weighted by atomic mass is 15.0. The van der Waals surface area contributed by atoms with E-state index in [2.05, 4.69) is 11.7 Å². The van der Waals surface area contributed by atoms with Crippen molar-refractivity contribution in [3.8, 4) is 0 Å². The van der Waals surface area contributed by atoms with Crippen molar-refractivity contribution in [2.24, 2.45) is 17.4 Å². The van der Waals surface area contributed by atoms with Gasteiger partial charge in [0.2, 0.25) is 0 Å². The molecule has 0 bridgehead atoms. The molecule has 38 valence electrons. The van der Waals surface area contributed by atoms with E-state index in [1.807, 2.05) is 0 Å². The summed E-state index contributed by atoms with van der Waals surface area (Å²) in [7, 11) is 0. The zero-order chi connectivity index (χ0) is 4.99. The van der Waals surface area contributed by atoms with Gasteiger partial charge in [-0.05, 0) is 12.8 Å². The average molecular weight is 89.1 g/mol. The minimum absolute atomic E-state index is 0.583. The standard InChI is InChI=1S/C3H7N.H4N2/c4-3-1-2-3;1-2/h3H,1-2,4H2;1-2H2. The lowest BCUT2D eigenvalue weighted by Crippen LogP contribution is -2.02. The molecule has 0 aromatic carbocycles. The number of rotatable bonds is 0. The Kier molecular flexibility index (Phi) is 3.02. The van der Waals surface area contributed by atoms with Gasteiger partial charge in [-0.1, -0.05) is 0 Å². The summed E-state index contributed by atoms with van der Waals surface area (Å²) in [5.41, 5.74) is 5.22. The van der Waals surface area contributed by atoms with Crippen LogP contribution in [0, 0.1) is 0 Å². The van der Waals surface area contributed by atoms with Crippen LogP contribution in [-0.2, 0) is 0 Å². The van der Waals surface area contributed by atoms with E-state index in [1.54, 1.807) is 0 Å². The Balaban J connectivity index is 0.000000112. The molecule has 0 aliphatic heterocycles. The van der Waals surface area contributed by atoms with Crippen molar-refractivity contribution in [3.05, 3.63) is 0 Å². The van der Waals surface area contributed by atoms with Crippen molar-refractivity contribution in [2.45, 2.75) is 18.9 Å². The molecule has 1 aliphatic carbocycles. The highest BCUT2D eigenvalue weighted by molar-refractivity contribution is 4.75. The van der Waals surface area contributed by atoms with Gasteiger partial charge >= 0.3 is 0 Å². The first-order valence-corrected chi connectivity index (χ1v) is 1.98. The Morgan fingerprint density at radius 1 is 1.17 bits per heavy atom. The van der Waals surface area contributed by atoms with Crippen molar-refractivity contribution in [1.82, 2.24) is 0 Å². The highest BCUT2D eigenvalue weighted by Crippen LogP contribution is 2.13. The van der Waals surface area contributed by atoms with Crippen LogP contribution in [0.25, 0.3) is 0 Å². The molecule has 1 fully saturated rings. The van der Waals surface area contributed by atoms with Crippen LogP contribution in [0.1, 0.15) is 12.8 Å². The monoisotopic (exact) mass is 89.1 g/mol. The van der Waals surface area contributed by atoms with E-state index in [1.165, 1.54) is 12.8 Å². The normalized spacial score (nSPS) is 18.5. The topological polar surface area (TPSA) is 78.1 Å². The number of hydrogen-bond donors (Lipinski definition) is 3. The lowest BCUT2D eigenvalue weighted by Gasteiger charge is -1.58. The van der Waals surface area contributed by atoms with E-state index in [-0.39, 0.29) is 0 Å². The van der Waals surface area contributed by atoms with Crippen LogP contribution in [0.15, 0.2) is 0 Å². The summed E-state index contributed by atoms with van der Waals surface area (Å²) < 4.78 is 0. The second-order valence-corrected chi connectivity index (χ2v) is 1.34. The molecular weight excluding hydrogens is 78.1 g/mol. The SMILES string of the molecule is NC1CC1.NN. The van der Waals surface area contributed by atoms with Crippen LogP contribution in [-0.4, -0.2) is 6.04 Å². The molecule has 0 spiro atoms. The fourth-order valence-electron chi connectivity index (χ4n) is 0.0962. The fourth-order valence-corrected chi connectivity index (χ4v) is 0.0962. The highest BCUT2D eigenvalue weighted by Gasteiger charge is 2.13. The number of hydrogen-bond acceptors (Lipinski definition) is 3. The number of nitrogens with two attached hydrogens (primary N) is 3. The molecule has 1 rings (SSSR count). The smallest absolute Gasteiger partial charge is 0.00399 e. The van der Waals surface area contributed by atoms with Gasteiger partial charge in [-0.3, -0.25) is 11.7 Å². The van der Waals surface area contributed by atoms with Gasteiger partial charge in [0.05, 0.1) is 0 Å². The van der Waals surface area contributed by atoms with Gasteiger partial charge < -0.3 is 5.73 Å². The van der Waals surface area contributed by atoms with Gasteiger partial charge in [0, 0.05) is 6.04 Å². The zero-order valence-corrected chi connectivity index (χ0v) is 3.72. The second-order valence-electron chi connectivity index (χ2n) is 1.34. The Bertz CT molecular complexity index is 25.2. The van der Waals surface area contributed by atoms with Gasteiger partial charge in [-0.2, -0.15) is 0 Å². The van der Waals surface area contributed by atoms with Crippen LogP contribution < -0.4 is 17.4 Å². The summed E-state index contributed by atoms with van der Waals surface area (Å²) in [6.45, 7) is 0. The summed E-state index contributed by atoms with van der Waals surface area (Å²) in [6, 6.07) is 0.583. The van der Waals surface area contributed by atoms with Gasteiger partial charge in [0.25, 0.3) is 0 Å². The third-order valence-electron chi connectivity index (χ3n) is 0.622. The van der Waals surface area contributed by atoms with Crippen molar-refractivity contribution < 1.29 is 0 Å². The van der Waals surface area contributed by atoms with Crippen LogP contribution in [0.5, 0.6) is 0 Å². The van der Waals surface area contributed by atoms with Gasteiger partial charge in [-0.15, -0.1) is 0 Å². The third kappa shape index (κ3) is 3.88. The minimum Gasteiger partial charge on any atom is -0.328 e. The van der Waals surface area contributed by atoms with E-state index in [0.717, 1.165) is 0 Å². The molecule has 1 aliphatic rings. The molecule has 3 nitrogen and oxygen atoms in total. The maximum atomic E-state index is 5.22. The van der Waals surface area contributed by atoms with Crippen molar-refractivity contribution >= 4 is 0 Å². The van der Waals surface area contributed by atoms with E-state index in [0.29, 0.717) is 6.04 Å². The summed E-state index contributed by atoms with van der Waals surface area (Å²) in [6.07, 6.45) is 2.53. The summed E-state index contributed by atoms with van der Waals surface area (Å²) >= 11 is 0. The van der Waals surface area contributed by atoms with E-state index in [9.17, 15) is 0 Å². The lowest BCUT2D eigenvalue weighted by molar-refractivity contribution is 1.07. The molecule has 0 aromatic rings. The van der Waals surface area contributed by atoms with Gasteiger partial charge in [0.1, 0.15) is 0 Å².